The lowest BCUT2D eigenvalue weighted by Gasteiger charge is -2.16. The number of carbonyl (C=O) groups excluding carboxylic acids is 3. The summed E-state index contributed by atoms with van der Waals surface area (Å²) < 4.78 is 0. The van der Waals surface area contributed by atoms with Gasteiger partial charge in [-0.2, -0.15) is 0 Å². The molecule has 0 heterocycles. The summed E-state index contributed by atoms with van der Waals surface area (Å²) in [6, 6.07) is 0. The number of hydrogen-bond donors (Lipinski definition) is 5. The summed E-state index contributed by atoms with van der Waals surface area (Å²) >= 11 is 0. The van der Waals surface area contributed by atoms with Crippen molar-refractivity contribution in [2.24, 2.45) is 51.1 Å². The summed E-state index contributed by atoms with van der Waals surface area (Å²) in [4.78, 5) is 48.1. The van der Waals surface area contributed by atoms with Gasteiger partial charge in [0.2, 0.25) is 17.7 Å². The fourth-order valence-corrected chi connectivity index (χ4v) is 1.71. The minimum absolute atomic E-state index is 0.216. The lowest BCUT2D eigenvalue weighted by atomic mass is 9.94. The Morgan fingerprint density at radius 2 is 1.27 bits per heavy atom. The molecule has 0 rings (SSSR count). The molecule has 33 heavy (non-hydrogen) atoms. The monoisotopic (exact) mass is 472 g/mol. The molecular formula is C18H36N10O5. The second kappa shape index (κ2) is 21.7. The Morgan fingerprint density at radius 3 is 1.61 bits per heavy atom. The summed E-state index contributed by atoms with van der Waals surface area (Å²) in [6.45, 7) is 8.11. The van der Waals surface area contributed by atoms with Crippen molar-refractivity contribution < 1.29 is 24.3 Å². The standard InChI is InChI=1S/C9H17N5O2.C6H11NO3.C3H8N4/c1-6(8(10)15)7(2)9(16)12-4-3-5-13-14-11;1-3(5(7)8)4(2)6(9)10;4-2-1-3-6-7-5/h6-7H,3-5H2,1-2H3,(H2,10,15)(H,12,16);3-4H,1-2H3,(H2,7,8)(H,9,10);1-4H2. The summed E-state index contributed by atoms with van der Waals surface area (Å²) in [5, 5.41) is 17.6. The fourth-order valence-electron chi connectivity index (χ4n) is 1.71. The minimum atomic E-state index is -0.994. The van der Waals surface area contributed by atoms with Crippen molar-refractivity contribution in [2.75, 3.05) is 26.2 Å². The highest BCUT2D eigenvalue weighted by Crippen LogP contribution is 2.10. The number of nitrogens with two attached hydrogens (primary N) is 3. The predicted molar refractivity (Wildman–Crippen MR) is 122 cm³/mol. The molecule has 4 unspecified atom stereocenters. The molecule has 0 spiro atoms. The number of amides is 3. The van der Waals surface area contributed by atoms with Crippen LogP contribution < -0.4 is 22.5 Å². The predicted octanol–water partition coefficient (Wildman–Crippen LogP) is 1.03. The SMILES string of the molecule is CC(C(N)=O)C(C)C(=O)NCCCN=[N+]=[N-].CC(C(N)=O)C(C)C(=O)O.[N-]=[N+]=NCCCN. The summed E-state index contributed by atoms with van der Waals surface area (Å²) in [6.07, 6.45) is 1.36. The maximum Gasteiger partial charge on any atom is 0.307 e. The van der Waals surface area contributed by atoms with E-state index in [4.69, 9.17) is 33.4 Å². The fraction of sp³-hybridized carbons (Fsp3) is 0.778. The van der Waals surface area contributed by atoms with Crippen LogP contribution in [0.1, 0.15) is 40.5 Å². The van der Waals surface area contributed by atoms with Gasteiger partial charge < -0.3 is 27.6 Å². The van der Waals surface area contributed by atoms with Crippen molar-refractivity contribution in [3.05, 3.63) is 20.9 Å². The topological polar surface area (TPSA) is 276 Å². The van der Waals surface area contributed by atoms with Crippen LogP contribution in [0.2, 0.25) is 0 Å². The van der Waals surface area contributed by atoms with E-state index in [-0.39, 0.29) is 5.91 Å². The van der Waals surface area contributed by atoms with Crippen LogP contribution in [0.25, 0.3) is 20.9 Å². The molecule has 0 aliphatic carbocycles. The van der Waals surface area contributed by atoms with Gasteiger partial charge in [0, 0.05) is 47.2 Å². The molecule has 0 fully saturated rings. The molecule has 0 radical (unpaired) electrons. The van der Waals surface area contributed by atoms with Gasteiger partial charge in [-0.05, 0) is 30.4 Å². The third-order valence-electron chi connectivity index (χ3n) is 4.52. The smallest absolute Gasteiger partial charge is 0.307 e. The van der Waals surface area contributed by atoms with E-state index in [1.165, 1.54) is 13.8 Å². The Kier molecular flexibility index (Phi) is 22.4. The largest absolute Gasteiger partial charge is 0.481 e. The van der Waals surface area contributed by atoms with E-state index < -0.39 is 41.5 Å². The Bertz CT molecular complexity index is 687. The van der Waals surface area contributed by atoms with Gasteiger partial charge in [-0.15, -0.1) is 0 Å². The number of primary amides is 2. The Balaban J connectivity index is -0.000000451. The number of azide groups is 2. The van der Waals surface area contributed by atoms with Gasteiger partial charge in [0.15, 0.2) is 0 Å². The molecule has 188 valence electrons. The highest BCUT2D eigenvalue weighted by atomic mass is 16.4. The summed E-state index contributed by atoms with van der Waals surface area (Å²) in [5.41, 5.74) is 30.8. The average Bonchev–Trinajstić information content (AvgIpc) is 2.77. The Hall–Kier alpha value is -3.54. The first-order valence-corrected chi connectivity index (χ1v) is 10.2. The molecular weight excluding hydrogens is 436 g/mol. The number of nitrogens with one attached hydrogen (secondary N) is 1. The lowest BCUT2D eigenvalue weighted by Crippen LogP contribution is -2.38. The molecule has 4 atom stereocenters. The van der Waals surface area contributed by atoms with Gasteiger partial charge in [0.25, 0.3) is 0 Å². The van der Waals surface area contributed by atoms with Crippen LogP contribution in [0, 0.1) is 23.7 Å². The van der Waals surface area contributed by atoms with Crippen LogP contribution in [0.15, 0.2) is 10.2 Å². The Labute approximate surface area is 192 Å². The second-order valence-electron chi connectivity index (χ2n) is 6.99. The normalized spacial score (nSPS) is 12.9. The van der Waals surface area contributed by atoms with Crippen molar-refractivity contribution in [1.29, 1.82) is 0 Å². The highest BCUT2D eigenvalue weighted by Gasteiger charge is 2.24. The lowest BCUT2D eigenvalue weighted by molar-refractivity contribution is -0.145. The van der Waals surface area contributed by atoms with E-state index in [0.29, 0.717) is 32.6 Å². The number of nitrogens with zero attached hydrogens (tertiary/aromatic N) is 6. The third-order valence-corrected chi connectivity index (χ3v) is 4.52. The molecule has 15 nitrogen and oxygen atoms in total. The van der Waals surface area contributed by atoms with Crippen molar-refractivity contribution in [2.45, 2.75) is 40.5 Å². The summed E-state index contributed by atoms with van der Waals surface area (Å²) in [5.74, 6) is -4.51. The number of aliphatic carboxylic acids is 1. The van der Waals surface area contributed by atoms with Crippen LogP contribution in [-0.4, -0.2) is 55.0 Å². The van der Waals surface area contributed by atoms with Gasteiger partial charge in [-0.25, -0.2) is 0 Å². The highest BCUT2D eigenvalue weighted by molar-refractivity contribution is 5.86. The zero-order valence-corrected chi connectivity index (χ0v) is 19.5. The van der Waals surface area contributed by atoms with Crippen molar-refractivity contribution in [3.63, 3.8) is 0 Å². The van der Waals surface area contributed by atoms with E-state index in [9.17, 15) is 19.2 Å². The molecule has 0 aliphatic rings. The van der Waals surface area contributed by atoms with E-state index in [2.05, 4.69) is 25.4 Å². The van der Waals surface area contributed by atoms with E-state index in [1.807, 2.05) is 0 Å². The van der Waals surface area contributed by atoms with E-state index in [1.54, 1.807) is 13.8 Å². The van der Waals surface area contributed by atoms with Crippen molar-refractivity contribution in [3.8, 4) is 0 Å². The maximum absolute atomic E-state index is 11.5. The minimum Gasteiger partial charge on any atom is -0.481 e. The van der Waals surface area contributed by atoms with Crippen LogP contribution >= 0.6 is 0 Å². The molecule has 3 amide bonds. The molecule has 15 heteroatoms. The molecule has 0 saturated heterocycles. The first-order valence-electron chi connectivity index (χ1n) is 10.2. The molecule has 0 aromatic rings. The van der Waals surface area contributed by atoms with E-state index in [0.717, 1.165) is 6.42 Å². The molecule has 0 aromatic heterocycles. The molecule has 0 aliphatic heterocycles. The molecule has 0 bridgehead atoms. The number of rotatable bonds is 13. The van der Waals surface area contributed by atoms with Crippen LogP contribution in [0.5, 0.6) is 0 Å². The first kappa shape index (κ1) is 34.1. The Morgan fingerprint density at radius 1 is 0.848 bits per heavy atom. The number of carbonyl (C=O) groups is 4. The molecule has 8 N–H and O–H groups in total. The van der Waals surface area contributed by atoms with Crippen molar-refractivity contribution in [1.82, 2.24) is 5.32 Å². The van der Waals surface area contributed by atoms with Crippen molar-refractivity contribution >= 4 is 23.7 Å². The first-order chi connectivity index (χ1) is 15.4. The van der Waals surface area contributed by atoms with Crippen LogP contribution in [-0.2, 0) is 19.2 Å². The van der Waals surface area contributed by atoms with Gasteiger partial charge in [0.05, 0.1) is 5.92 Å². The van der Waals surface area contributed by atoms with Gasteiger partial charge in [-0.1, -0.05) is 37.9 Å². The molecule has 0 aromatic carbocycles. The third kappa shape index (κ3) is 20.1. The van der Waals surface area contributed by atoms with Crippen LogP contribution in [0.3, 0.4) is 0 Å². The van der Waals surface area contributed by atoms with E-state index >= 15 is 0 Å². The number of carboxylic acid groups (broad SMARTS) is 1. The van der Waals surface area contributed by atoms with Gasteiger partial charge in [0.1, 0.15) is 0 Å². The number of hydrogen-bond acceptors (Lipinski definition) is 7. The van der Waals surface area contributed by atoms with Gasteiger partial charge in [-0.3, -0.25) is 19.2 Å². The molecule has 0 saturated carbocycles. The number of carboxylic acids is 1. The average molecular weight is 473 g/mol. The zero-order valence-electron chi connectivity index (χ0n) is 19.5. The second-order valence-corrected chi connectivity index (χ2v) is 6.99. The maximum atomic E-state index is 11.5. The summed E-state index contributed by atoms with van der Waals surface area (Å²) in [7, 11) is 0. The zero-order chi connectivity index (χ0) is 26.4. The van der Waals surface area contributed by atoms with Gasteiger partial charge >= 0.3 is 5.97 Å². The van der Waals surface area contributed by atoms with Crippen LogP contribution in [0.4, 0.5) is 0 Å². The quantitative estimate of drug-likeness (QED) is 0.113.